The second-order valence-corrected chi connectivity index (χ2v) is 6.53. The molecule has 0 spiro atoms. The van der Waals surface area contributed by atoms with Gasteiger partial charge in [0.2, 0.25) is 0 Å². The van der Waals surface area contributed by atoms with Crippen LogP contribution in [0.3, 0.4) is 0 Å². The van der Waals surface area contributed by atoms with Gasteiger partial charge in [-0.15, -0.1) is 0 Å². The first-order valence-electron chi connectivity index (χ1n) is 6.87. The van der Waals surface area contributed by atoms with Gasteiger partial charge in [0.25, 0.3) is 0 Å². The fourth-order valence-corrected chi connectivity index (χ4v) is 3.19. The van der Waals surface area contributed by atoms with Gasteiger partial charge in [-0.1, -0.05) is 31.9 Å². The van der Waals surface area contributed by atoms with E-state index in [1.54, 1.807) is 6.07 Å². The highest BCUT2D eigenvalue weighted by Gasteiger charge is 2.19. The van der Waals surface area contributed by atoms with Gasteiger partial charge in [0.05, 0.1) is 4.90 Å². The fourth-order valence-electron chi connectivity index (χ4n) is 2.19. The van der Waals surface area contributed by atoms with Crippen molar-refractivity contribution in [3.05, 3.63) is 28.5 Å². The molecule has 0 radical (unpaired) electrons. The van der Waals surface area contributed by atoms with Crippen molar-refractivity contribution in [2.24, 2.45) is 0 Å². The molecule has 1 atom stereocenters. The van der Waals surface area contributed by atoms with Crippen molar-refractivity contribution in [2.45, 2.75) is 44.6 Å². The second kappa shape index (κ2) is 8.98. The smallest absolute Gasteiger partial charge is 0.150 e. The predicted octanol–water partition coefficient (Wildman–Crippen LogP) is 4.75. The summed E-state index contributed by atoms with van der Waals surface area (Å²) in [5, 5.41) is 0.365. The monoisotopic (exact) mass is 339 g/mol. The number of piperidine rings is 1. The zero-order chi connectivity index (χ0) is 15.1. The molecule has 1 saturated heterocycles. The zero-order valence-corrected chi connectivity index (χ0v) is 14.1. The summed E-state index contributed by atoms with van der Waals surface area (Å²) < 4.78 is 25.4. The summed E-state index contributed by atoms with van der Waals surface area (Å²) in [6.07, 6.45) is 3.47. The van der Waals surface area contributed by atoms with Crippen LogP contribution in [0.5, 0.6) is 0 Å². The Morgan fingerprint density at radius 2 is 1.85 bits per heavy atom. The molecule has 2 rings (SSSR count). The van der Waals surface area contributed by atoms with Crippen LogP contribution in [0.2, 0.25) is 5.02 Å². The predicted molar refractivity (Wildman–Crippen MR) is 84.1 cm³/mol. The number of hydrogen-bond acceptors (Lipinski definition) is 2. The minimum Gasteiger partial charge on any atom is -0.299 e. The van der Waals surface area contributed by atoms with Crippen LogP contribution in [-0.2, 0) is 16.6 Å². The van der Waals surface area contributed by atoms with Crippen LogP contribution in [0.1, 0.15) is 38.7 Å². The van der Waals surface area contributed by atoms with E-state index < -0.39 is 15.8 Å². The Bertz CT molecular complexity index is 465. The highest BCUT2D eigenvalue weighted by molar-refractivity contribution is 8.08. The lowest BCUT2D eigenvalue weighted by Gasteiger charge is -2.27. The first kappa shape index (κ1) is 17.9. The molecule has 0 aliphatic carbocycles. The summed E-state index contributed by atoms with van der Waals surface area (Å²) >= 11 is 6.02. The minimum absolute atomic E-state index is 0.00748. The summed E-state index contributed by atoms with van der Waals surface area (Å²) in [6.45, 7) is 6.35. The molecule has 6 heteroatoms. The quantitative estimate of drug-likeness (QED) is 0.740. The third kappa shape index (κ3) is 4.69. The number of likely N-dealkylation sites (tertiary alicyclic amines) is 1. The van der Waals surface area contributed by atoms with Gasteiger partial charge in [0.1, 0.15) is 5.82 Å². The largest absolute Gasteiger partial charge is 0.299 e. The normalized spacial score (nSPS) is 17.2. The lowest BCUT2D eigenvalue weighted by atomic mass is 10.1. The summed E-state index contributed by atoms with van der Waals surface area (Å²) in [7, 11) is 3.61. The average Bonchev–Trinajstić information content (AvgIpc) is 2.46. The number of nitrogens with zero attached hydrogens (tertiary/aromatic N) is 1. The number of hydrogen-bond donors (Lipinski definition) is 0. The van der Waals surface area contributed by atoms with Crippen LogP contribution >= 0.6 is 22.3 Å². The Balaban J connectivity index is 0.000000956. The molecule has 1 fully saturated rings. The standard InChI is InChI=1S/C12H14Cl2FNOS.C2H6/c13-10-4-5-11(18(14)17)12(15)9(10)8-16-6-2-1-3-7-16;1-2/h4-5H,1-3,6-8H2;1-2H3. The van der Waals surface area contributed by atoms with Crippen LogP contribution in [0, 0.1) is 5.82 Å². The Labute approximate surface area is 132 Å². The summed E-state index contributed by atoms with van der Waals surface area (Å²) in [6, 6.07) is 2.93. The van der Waals surface area contributed by atoms with Gasteiger partial charge in [0.15, 0.2) is 10.0 Å². The first-order valence-corrected chi connectivity index (χ1v) is 9.22. The van der Waals surface area contributed by atoms with Crippen molar-refractivity contribution in [1.29, 1.82) is 0 Å². The maximum atomic E-state index is 14.2. The highest BCUT2D eigenvalue weighted by atomic mass is 35.7. The second-order valence-electron chi connectivity index (χ2n) is 4.40. The van der Waals surface area contributed by atoms with E-state index in [1.807, 2.05) is 13.8 Å². The number of rotatable bonds is 3. The SMILES string of the molecule is CC.O=S(Cl)c1ccc(Cl)c(CN2CCCCC2)c1F. The summed E-state index contributed by atoms with van der Waals surface area (Å²) in [5.74, 6) is -0.540. The van der Waals surface area contributed by atoms with E-state index in [-0.39, 0.29) is 4.90 Å². The van der Waals surface area contributed by atoms with Crippen molar-refractivity contribution < 1.29 is 8.60 Å². The number of halogens is 3. The molecule has 0 N–H and O–H groups in total. The van der Waals surface area contributed by atoms with Crippen LogP contribution in [0.25, 0.3) is 0 Å². The average molecular weight is 340 g/mol. The molecule has 0 bridgehead atoms. The van der Waals surface area contributed by atoms with Gasteiger partial charge in [-0.05, 0) is 48.7 Å². The molecule has 0 amide bonds. The van der Waals surface area contributed by atoms with Crippen molar-refractivity contribution >= 4 is 32.3 Å². The maximum absolute atomic E-state index is 14.2. The van der Waals surface area contributed by atoms with Gasteiger partial charge in [-0.2, -0.15) is 0 Å². The van der Waals surface area contributed by atoms with Crippen LogP contribution in [0.15, 0.2) is 17.0 Å². The third-order valence-corrected chi connectivity index (χ3v) is 4.67. The molecular weight excluding hydrogens is 320 g/mol. The van der Waals surface area contributed by atoms with E-state index in [9.17, 15) is 8.60 Å². The molecular formula is C14H20Cl2FNOS. The van der Waals surface area contributed by atoms with E-state index in [1.165, 1.54) is 12.5 Å². The molecule has 1 aromatic carbocycles. The summed E-state index contributed by atoms with van der Waals surface area (Å²) in [5.41, 5.74) is 0.394. The van der Waals surface area contributed by atoms with Crippen molar-refractivity contribution in [1.82, 2.24) is 4.90 Å². The van der Waals surface area contributed by atoms with Crippen LogP contribution < -0.4 is 0 Å². The van der Waals surface area contributed by atoms with E-state index >= 15 is 0 Å². The molecule has 1 aromatic rings. The Hall–Kier alpha value is -0.160. The molecule has 2 nitrogen and oxygen atoms in total. The van der Waals surface area contributed by atoms with E-state index in [2.05, 4.69) is 4.90 Å². The lowest BCUT2D eigenvalue weighted by molar-refractivity contribution is 0.218. The molecule has 114 valence electrons. The third-order valence-electron chi connectivity index (χ3n) is 3.15. The lowest BCUT2D eigenvalue weighted by Crippen LogP contribution is -2.29. The molecule has 1 unspecified atom stereocenters. The Kier molecular flexibility index (Phi) is 8.03. The zero-order valence-electron chi connectivity index (χ0n) is 11.8. The van der Waals surface area contributed by atoms with Gasteiger partial charge < -0.3 is 0 Å². The van der Waals surface area contributed by atoms with Gasteiger partial charge >= 0.3 is 0 Å². The fraction of sp³-hybridized carbons (Fsp3) is 0.571. The first-order chi connectivity index (χ1) is 9.59. The Morgan fingerprint density at radius 1 is 1.25 bits per heavy atom. The Morgan fingerprint density at radius 3 is 2.40 bits per heavy atom. The number of benzene rings is 1. The van der Waals surface area contributed by atoms with E-state index in [0.717, 1.165) is 25.9 Å². The highest BCUT2D eigenvalue weighted by Crippen LogP contribution is 2.27. The molecule has 1 aliphatic rings. The van der Waals surface area contributed by atoms with E-state index in [4.69, 9.17) is 22.3 Å². The summed E-state index contributed by atoms with van der Waals surface area (Å²) in [4.78, 5) is 2.17. The molecule has 20 heavy (non-hydrogen) atoms. The molecule has 0 aromatic heterocycles. The topological polar surface area (TPSA) is 20.3 Å². The van der Waals surface area contributed by atoms with Gasteiger partial charge in [-0.25, -0.2) is 8.60 Å². The van der Waals surface area contributed by atoms with Gasteiger partial charge in [0, 0.05) is 17.1 Å². The van der Waals surface area contributed by atoms with Crippen molar-refractivity contribution in [3.63, 3.8) is 0 Å². The van der Waals surface area contributed by atoms with Gasteiger partial charge in [-0.3, -0.25) is 4.90 Å². The van der Waals surface area contributed by atoms with E-state index in [0.29, 0.717) is 17.1 Å². The van der Waals surface area contributed by atoms with Crippen LogP contribution in [0.4, 0.5) is 4.39 Å². The molecule has 0 saturated carbocycles. The van der Waals surface area contributed by atoms with Crippen molar-refractivity contribution in [3.8, 4) is 0 Å². The molecule has 1 heterocycles. The molecule has 1 aliphatic heterocycles. The van der Waals surface area contributed by atoms with Crippen LogP contribution in [-0.4, -0.2) is 22.2 Å². The maximum Gasteiger partial charge on any atom is 0.150 e. The minimum atomic E-state index is -1.85. The van der Waals surface area contributed by atoms with Crippen molar-refractivity contribution in [2.75, 3.05) is 13.1 Å².